The number of hydrogen-bond acceptors (Lipinski definition) is 6. The van der Waals surface area contributed by atoms with Crippen LogP contribution in [0.5, 0.6) is 0 Å². The van der Waals surface area contributed by atoms with Crippen LogP contribution in [0.25, 0.3) is 5.82 Å². The van der Waals surface area contributed by atoms with Gasteiger partial charge in [0.1, 0.15) is 23.8 Å². The summed E-state index contributed by atoms with van der Waals surface area (Å²) < 4.78 is 55.7. The van der Waals surface area contributed by atoms with Crippen molar-refractivity contribution in [1.29, 1.82) is 0 Å². The van der Waals surface area contributed by atoms with Gasteiger partial charge in [-0.15, -0.1) is 0 Å². The van der Waals surface area contributed by atoms with E-state index in [4.69, 9.17) is 0 Å². The summed E-state index contributed by atoms with van der Waals surface area (Å²) in [6, 6.07) is 6.59. The Labute approximate surface area is 179 Å². The summed E-state index contributed by atoms with van der Waals surface area (Å²) in [5.41, 5.74) is 1.65. The number of benzene rings is 1. The zero-order valence-electron chi connectivity index (χ0n) is 17.2. The molecule has 0 spiro atoms. The van der Waals surface area contributed by atoms with E-state index in [9.17, 15) is 17.2 Å². The molecule has 1 aliphatic heterocycles. The summed E-state index contributed by atoms with van der Waals surface area (Å²) in [4.78, 5) is 10.6. The van der Waals surface area contributed by atoms with E-state index in [0.717, 1.165) is 29.6 Å². The summed E-state index contributed by atoms with van der Waals surface area (Å²) in [5, 5.41) is 4.43. The van der Waals surface area contributed by atoms with Crippen LogP contribution in [0.15, 0.2) is 36.7 Å². The first kappa shape index (κ1) is 21.3. The van der Waals surface area contributed by atoms with Crippen molar-refractivity contribution >= 4 is 15.8 Å². The Morgan fingerprint density at radius 3 is 2.35 bits per heavy atom. The highest BCUT2D eigenvalue weighted by atomic mass is 32.2. The Kier molecular flexibility index (Phi) is 5.71. The number of nitrogens with zero attached hydrogens (tertiary/aromatic N) is 6. The normalized spacial score (nSPS) is 15.4. The lowest BCUT2D eigenvalue weighted by Crippen LogP contribution is -2.49. The van der Waals surface area contributed by atoms with E-state index in [0.29, 0.717) is 24.7 Å². The van der Waals surface area contributed by atoms with E-state index in [1.54, 1.807) is 4.68 Å². The highest BCUT2D eigenvalue weighted by Gasteiger charge is 2.28. The van der Waals surface area contributed by atoms with E-state index in [1.807, 2.05) is 30.9 Å². The molecule has 0 aliphatic carbocycles. The van der Waals surface area contributed by atoms with Crippen LogP contribution in [0.3, 0.4) is 0 Å². The summed E-state index contributed by atoms with van der Waals surface area (Å²) in [6.45, 7) is 5.11. The van der Waals surface area contributed by atoms with Gasteiger partial charge in [0, 0.05) is 43.5 Å². The van der Waals surface area contributed by atoms with Crippen molar-refractivity contribution < 1.29 is 17.2 Å². The number of rotatable bonds is 5. The SMILES string of the molecule is Cc1cc(C)n(-c2cc(N3CCN(S(=O)(=O)Cc4cc(F)ccc4F)CC3)ncn2)n1. The third-order valence-corrected chi connectivity index (χ3v) is 6.99. The summed E-state index contributed by atoms with van der Waals surface area (Å²) in [5.74, 6) is -0.676. The summed E-state index contributed by atoms with van der Waals surface area (Å²) in [7, 11) is -3.78. The molecule has 0 radical (unpaired) electrons. The van der Waals surface area contributed by atoms with Gasteiger partial charge in [0.15, 0.2) is 5.82 Å². The zero-order valence-corrected chi connectivity index (χ0v) is 18.0. The molecule has 1 aliphatic rings. The fraction of sp³-hybridized carbons (Fsp3) is 0.350. The first-order valence-electron chi connectivity index (χ1n) is 9.75. The fourth-order valence-corrected chi connectivity index (χ4v) is 5.14. The topological polar surface area (TPSA) is 84.2 Å². The molecule has 3 aromatic rings. The Balaban J connectivity index is 1.46. The van der Waals surface area contributed by atoms with Crippen LogP contribution in [0.2, 0.25) is 0 Å². The average molecular weight is 448 g/mol. The monoisotopic (exact) mass is 448 g/mol. The molecule has 0 bridgehead atoms. The first-order chi connectivity index (χ1) is 14.7. The Hall–Kier alpha value is -2.92. The lowest BCUT2D eigenvalue weighted by atomic mass is 10.2. The third kappa shape index (κ3) is 4.57. The maximum atomic E-state index is 13.9. The molecule has 11 heteroatoms. The van der Waals surface area contributed by atoms with Gasteiger partial charge < -0.3 is 4.90 Å². The number of sulfonamides is 1. The Bertz CT molecular complexity index is 1210. The van der Waals surface area contributed by atoms with E-state index in [1.165, 1.54) is 10.6 Å². The molecule has 164 valence electrons. The minimum absolute atomic E-state index is 0.173. The highest BCUT2D eigenvalue weighted by Crippen LogP contribution is 2.21. The molecule has 3 heterocycles. The van der Waals surface area contributed by atoms with Gasteiger partial charge in [0.05, 0.1) is 11.4 Å². The van der Waals surface area contributed by atoms with Gasteiger partial charge in [-0.05, 0) is 38.1 Å². The fourth-order valence-electron chi connectivity index (χ4n) is 3.62. The van der Waals surface area contributed by atoms with Crippen molar-refractivity contribution in [3.63, 3.8) is 0 Å². The van der Waals surface area contributed by atoms with E-state index in [-0.39, 0.29) is 18.7 Å². The second kappa shape index (κ2) is 8.31. The molecule has 0 amide bonds. The van der Waals surface area contributed by atoms with Gasteiger partial charge in [-0.25, -0.2) is 31.8 Å². The molecule has 1 aromatic carbocycles. The molecule has 8 nitrogen and oxygen atoms in total. The van der Waals surface area contributed by atoms with Gasteiger partial charge in [0.2, 0.25) is 10.0 Å². The van der Waals surface area contributed by atoms with Crippen molar-refractivity contribution in [2.75, 3.05) is 31.1 Å². The van der Waals surface area contributed by atoms with E-state index < -0.39 is 27.4 Å². The molecular weight excluding hydrogens is 426 g/mol. The highest BCUT2D eigenvalue weighted by molar-refractivity contribution is 7.88. The maximum absolute atomic E-state index is 13.9. The van der Waals surface area contributed by atoms with Crippen LogP contribution in [0.1, 0.15) is 17.0 Å². The van der Waals surface area contributed by atoms with Gasteiger partial charge in [-0.2, -0.15) is 9.40 Å². The summed E-state index contributed by atoms with van der Waals surface area (Å²) in [6.07, 6.45) is 1.46. The van der Waals surface area contributed by atoms with E-state index in [2.05, 4.69) is 15.1 Å². The van der Waals surface area contributed by atoms with Crippen LogP contribution in [0.4, 0.5) is 14.6 Å². The van der Waals surface area contributed by atoms with Gasteiger partial charge in [-0.1, -0.05) is 0 Å². The lowest BCUT2D eigenvalue weighted by molar-refractivity contribution is 0.382. The van der Waals surface area contributed by atoms with Crippen LogP contribution in [-0.4, -0.2) is 58.7 Å². The molecule has 31 heavy (non-hydrogen) atoms. The number of aromatic nitrogens is 4. The van der Waals surface area contributed by atoms with Crippen molar-refractivity contribution in [2.24, 2.45) is 0 Å². The minimum Gasteiger partial charge on any atom is -0.354 e. The molecular formula is C20H22F2N6O2S. The number of aryl methyl sites for hydroxylation is 2. The molecule has 1 saturated heterocycles. The summed E-state index contributed by atoms with van der Waals surface area (Å²) >= 11 is 0. The van der Waals surface area contributed by atoms with Gasteiger partial charge >= 0.3 is 0 Å². The van der Waals surface area contributed by atoms with Crippen molar-refractivity contribution in [3.05, 3.63) is 65.2 Å². The molecule has 0 unspecified atom stereocenters. The third-order valence-electron chi connectivity index (χ3n) is 5.17. The smallest absolute Gasteiger partial charge is 0.218 e. The number of piperazine rings is 1. The maximum Gasteiger partial charge on any atom is 0.218 e. The predicted molar refractivity (Wildman–Crippen MR) is 111 cm³/mol. The lowest BCUT2D eigenvalue weighted by Gasteiger charge is -2.34. The minimum atomic E-state index is -3.78. The standard InChI is InChI=1S/C20H22F2N6O2S/c1-14-9-15(2)28(25-14)20-11-19(23-13-24-20)26-5-7-27(8-6-26)31(29,30)12-16-10-17(21)3-4-18(16)22/h3-4,9-11,13H,5-8,12H2,1-2H3. The second-order valence-corrected chi connectivity index (χ2v) is 9.42. The van der Waals surface area contributed by atoms with Crippen molar-refractivity contribution in [1.82, 2.24) is 24.1 Å². The molecule has 0 atom stereocenters. The number of halogens is 2. The van der Waals surface area contributed by atoms with Crippen LogP contribution < -0.4 is 4.90 Å². The quantitative estimate of drug-likeness (QED) is 0.595. The first-order valence-corrected chi connectivity index (χ1v) is 11.4. The van der Waals surface area contributed by atoms with Crippen LogP contribution >= 0.6 is 0 Å². The largest absolute Gasteiger partial charge is 0.354 e. The number of anilines is 1. The second-order valence-electron chi connectivity index (χ2n) is 7.45. The van der Waals surface area contributed by atoms with Gasteiger partial charge in [0.25, 0.3) is 0 Å². The van der Waals surface area contributed by atoms with Crippen LogP contribution in [0, 0.1) is 25.5 Å². The molecule has 0 N–H and O–H groups in total. The number of hydrogen-bond donors (Lipinski definition) is 0. The molecule has 1 fully saturated rings. The Morgan fingerprint density at radius 2 is 1.68 bits per heavy atom. The van der Waals surface area contributed by atoms with Crippen LogP contribution in [-0.2, 0) is 15.8 Å². The molecule has 4 rings (SSSR count). The van der Waals surface area contributed by atoms with Gasteiger partial charge in [-0.3, -0.25) is 0 Å². The van der Waals surface area contributed by atoms with E-state index >= 15 is 0 Å². The Morgan fingerprint density at radius 1 is 0.968 bits per heavy atom. The van der Waals surface area contributed by atoms with Crippen molar-refractivity contribution in [2.45, 2.75) is 19.6 Å². The average Bonchev–Trinajstić information content (AvgIpc) is 3.09. The predicted octanol–water partition coefficient (Wildman–Crippen LogP) is 2.21. The van der Waals surface area contributed by atoms with Crippen molar-refractivity contribution in [3.8, 4) is 5.82 Å². The molecule has 2 aromatic heterocycles. The zero-order chi connectivity index (χ0) is 22.2. The molecule has 0 saturated carbocycles.